The summed E-state index contributed by atoms with van der Waals surface area (Å²) < 4.78 is 8.88. The summed E-state index contributed by atoms with van der Waals surface area (Å²) in [5, 5.41) is 0. The maximum Gasteiger partial charge on any atom is 0.466 e. The molecule has 0 rings (SSSR count). The summed E-state index contributed by atoms with van der Waals surface area (Å²) in [6, 6.07) is 0. The Morgan fingerprint density at radius 3 is 1.11 bits per heavy atom. The van der Waals surface area contributed by atoms with Gasteiger partial charge >= 0.3 is 7.82 Å². The van der Waals surface area contributed by atoms with E-state index in [1.807, 2.05) is 0 Å². The van der Waals surface area contributed by atoms with Gasteiger partial charge in [-0.05, 0) is 0 Å². The molecule has 0 aliphatic rings. The van der Waals surface area contributed by atoms with Gasteiger partial charge in [-0.1, -0.05) is 0 Å². The summed E-state index contributed by atoms with van der Waals surface area (Å²) >= 11 is 0. The van der Waals surface area contributed by atoms with Gasteiger partial charge in [0.15, 0.2) is 0 Å². The second-order valence-corrected chi connectivity index (χ2v) is 1.54. The van der Waals surface area contributed by atoms with Gasteiger partial charge in [0.2, 0.25) is 0 Å². The molecule has 0 spiro atoms. The van der Waals surface area contributed by atoms with Gasteiger partial charge in [-0.15, -0.1) is 0 Å². The molecule has 61 valence electrons. The maximum absolute atomic E-state index is 8.88. The second kappa shape index (κ2) is 12.0. The Bertz CT molecular complexity index is 63.1. The molecule has 0 aliphatic carbocycles. The Morgan fingerprint density at radius 1 is 1.11 bits per heavy atom. The van der Waals surface area contributed by atoms with Crippen molar-refractivity contribution in [1.29, 1.82) is 0 Å². The molecular formula is H8MnNO5PW. The van der Waals surface area contributed by atoms with Gasteiger partial charge in [0.05, 0.1) is 0 Å². The molecule has 0 atom stereocenters. The van der Waals surface area contributed by atoms with Crippen molar-refractivity contribution in [2.75, 3.05) is 0 Å². The first kappa shape index (κ1) is 31.8. The number of phosphoric acid groups is 1. The van der Waals surface area contributed by atoms with Crippen LogP contribution < -0.4 is 6.15 Å². The monoisotopic (exact) mass is 372 g/mol. The molecule has 0 saturated carbocycles. The first-order valence-electron chi connectivity index (χ1n) is 0.783. The van der Waals surface area contributed by atoms with E-state index in [1.54, 1.807) is 0 Å². The van der Waals surface area contributed by atoms with Crippen LogP contribution in [0.5, 0.6) is 0 Å². The van der Waals surface area contributed by atoms with Gasteiger partial charge in [-0.2, -0.15) is 0 Å². The van der Waals surface area contributed by atoms with E-state index < -0.39 is 7.82 Å². The average Bonchev–Trinajstić information content (AvgIpc) is 0.722. The quantitative estimate of drug-likeness (QED) is 0.299. The van der Waals surface area contributed by atoms with Crippen molar-refractivity contribution in [3.05, 3.63) is 0 Å². The van der Waals surface area contributed by atoms with E-state index in [4.69, 9.17) is 19.2 Å². The predicted octanol–water partition coefficient (Wildman–Crippen LogP) is -1.60. The molecule has 0 amide bonds. The Balaban J connectivity index is -0.0000000133. The zero-order valence-corrected chi connectivity index (χ0v) is 9.20. The predicted molar refractivity (Wildman–Crippen MR) is 22.9 cm³/mol. The van der Waals surface area contributed by atoms with E-state index in [2.05, 4.69) is 0 Å². The van der Waals surface area contributed by atoms with Crippen molar-refractivity contribution in [2.45, 2.75) is 0 Å². The van der Waals surface area contributed by atoms with E-state index in [9.17, 15) is 0 Å². The zero-order chi connectivity index (χ0) is 4.50. The van der Waals surface area contributed by atoms with Crippen LogP contribution in [-0.2, 0) is 42.7 Å². The maximum atomic E-state index is 8.88. The molecule has 0 fully saturated rings. The van der Waals surface area contributed by atoms with Crippen molar-refractivity contribution in [3.8, 4) is 0 Å². The normalized spacial score (nSPS) is 6.56. The van der Waals surface area contributed by atoms with Crippen LogP contribution in [0.2, 0.25) is 0 Å². The van der Waals surface area contributed by atoms with Crippen LogP contribution in [-0.4, -0.2) is 20.2 Å². The van der Waals surface area contributed by atoms with Crippen LogP contribution in [0.1, 0.15) is 0 Å². The van der Waals surface area contributed by atoms with Crippen molar-refractivity contribution < 1.29 is 62.9 Å². The Kier molecular flexibility index (Phi) is 42.3. The molecule has 0 bridgehead atoms. The van der Waals surface area contributed by atoms with Gasteiger partial charge in [0.25, 0.3) is 0 Å². The first-order chi connectivity index (χ1) is 2.00. The minimum atomic E-state index is -4.64. The minimum absolute atomic E-state index is 0. The van der Waals surface area contributed by atoms with Crippen molar-refractivity contribution in [3.63, 3.8) is 0 Å². The fourth-order valence-corrected chi connectivity index (χ4v) is 0. The SMILES string of the molecule is N.O.O=P(O)(O)O.[Mn].[W]. The van der Waals surface area contributed by atoms with Crippen LogP contribution in [0.15, 0.2) is 0 Å². The molecule has 9 heavy (non-hydrogen) atoms. The molecule has 8 N–H and O–H groups in total. The third-order valence-electron chi connectivity index (χ3n) is 0. The molecule has 1 radical (unpaired) electrons. The Hall–Kier alpha value is 1.24. The zero-order valence-electron chi connectivity index (χ0n) is 4.19. The van der Waals surface area contributed by atoms with Crippen LogP contribution >= 0.6 is 7.82 Å². The summed E-state index contributed by atoms with van der Waals surface area (Å²) in [6.45, 7) is 0. The topological polar surface area (TPSA) is 144 Å². The van der Waals surface area contributed by atoms with E-state index in [0.29, 0.717) is 0 Å². The fourth-order valence-electron chi connectivity index (χ4n) is 0. The van der Waals surface area contributed by atoms with Crippen molar-refractivity contribution in [1.82, 2.24) is 6.15 Å². The summed E-state index contributed by atoms with van der Waals surface area (Å²) in [6.07, 6.45) is 0. The van der Waals surface area contributed by atoms with Crippen LogP contribution in [0.4, 0.5) is 0 Å². The molecule has 0 heterocycles. The van der Waals surface area contributed by atoms with Gasteiger partial charge in [0.1, 0.15) is 0 Å². The molecule has 0 aromatic rings. The third kappa shape index (κ3) is 316. The second-order valence-electron chi connectivity index (χ2n) is 0.513. The van der Waals surface area contributed by atoms with Gasteiger partial charge in [0, 0.05) is 38.1 Å². The smallest absolute Gasteiger partial charge is 0.412 e. The van der Waals surface area contributed by atoms with Crippen molar-refractivity contribution >= 4 is 7.82 Å². The standard InChI is InChI=1S/Mn.H3N.H3O4P.H2O.W/c;;1-5(2,3)4;;/h;1H3;(H3,1,2,3,4);1H2;. The summed E-state index contributed by atoms with van der Waals surface area (Å²) in [7, 11) is -4.64. The van der Waals surface area contributed by atoms with E-state index >= 15 is 0 Å². The molecule has 0 unspecified atom stereocenters. The van der Waals surface area contributed by atoms with E-state index in [0.717, 1.165) is 0 Å². The van der Waals surface area contributed by atoms with Crippen LogP contribution in [0.3, 0.4) is 0 Å². The first-order valence-corrected chi connectivity index (χ1v) is 2.35. The number of rotatable bonds is 0. The summed E-state index contributed by atoms with van der Waals surface area (Å²) in [5.74, 6) is 0. The third-order valence-corrected chi connectivity index (χ3v) is 0. The molecule has 0 saturated heterocycles. The Morgan fingerprint density at radius 2 is 1.11 bits per heavy atom. The largest absolute Gasteiger partial charge is 0.466 e. The van der Waals surface area contributed by atoms with Crippen molar-refractivity contribution in [2.24, 2.45) is 0 Å². The van der Waals surface area contributed by atoms with Gasteiger partial charge in [-0.3, -0.25) is 0 Å². The van der Waals surface area contributed by atoms with Crippen LogP contribution in [0, 0.1) is 0 Å². The minimum Gasteiger partial charge on any atom is -0.412 e. The van der Waals surface area contributed by atoms with Gasteiger partial charge < -0.3 is 26.3 Å². The molecule has 0 aromatic carbocycles. The molecule has 0 aliphatic heterocycles. The molecule has 6 nitrogen and oxygen atoms in total. The fraction of sp³-hybridized carbons (Fsp3) is 0. The van der Waals surface area contributed by atoms with E-state index in [-0.39, 0.29) is 49.8 Å². The number of hydrogen-bond donors (Lipinski definition) is 4. The summed E-state index contributed by atoms with van der Waals surface area (Å²) in [4.78, 5) is 21.6. The average molecular weight is 372 g/mol. The van der Waals surface area contributed by atoms with Gasteiger partial charge in [-0.25, -0.2) is 4.57 Å². The molecular weight excluding hydrogens is 364 g/mol. The molecule has 0 aromatic heterocycles. The Labute approximate surface area is 76.9 Å². The van der Waals surface area contributed by atoms with Crippen LogP contribution in [0.25, 0.3) is 0 Å². The number of hydrogen-bond acceptors (Lipinski definition) is 2. The summed E-state index contributed by atoms with van der Waals surface area (Å²) in [5.41, 5.74) is 0. The molecule has 9 heteroatoms. The van der Waals surface area contributed by atoms with E-state index in [1.165, 1.54) is 0 Å².